The molecule has 1 N–H and O–H groups in total. The molecule has 1 fully saturated rings. The average Bonchev–Trinajstić information content (AvgIpc) is 3.64. The van der Waals surface area contributed by atoms with Gasteiger partial charge in [0.15, 0.2) is 5.13 Å². The van der Waals surface area contributed by atoms with Crippen molar-refractivity contribution in [2.75, 3.05) is 19.0 Å². The fourth-order valence-corrected chi connectivity index (χ4v) is 6.14. The highest BCUT2D eigenvalue weighted by atomic mass is 32.1. The summed E-state index contributed by atoms with van der Waals surface area (Å²) < 4.78 is 10.9. The first kappa shape index (κ1) is 26.2. The standard InChI is InChI=1S/C28H34N4O5S/c1-17(2)24-25(33)32-14-21(12-23(32)26(34)36-3)37-28(35)31-13-19-10-7-9-18(22(19)15-31)8-5-4-6-11-20-16-38-27(29-20)30-24/h5,7-10,16-17,21,23-24H,4,6,11-15H2,1-3H3,(H,29,30)/b8-5+/t21-,23+,24+/m1/s1. The van der Waals surface area contributed by atoms with Crippen LogP contribution in [0.3, 0.4) is 0 Å². The molecule has 0 spiro atoms. The van der Waals surface area contributed by atoms with Crippen LogP contribution in [0.2, 0.25) is 0 Å². The number of allylic oxidation sites excluding steroid dienone is 1. The number of nitrogens with one attached hydrogen (secondary N) is 1. The van der Waals surface area contributed by atoms with Gasteiger partial charge in [-0.1, -0.05) is 44.2 Å². The minimum atomic E-state index is -0.818. The number of ether oxygens (including phenoxy) is 2. The Labute approximate surface area is 226 Å². The molecule has 6 bridgehead atoms. The lowest BCUT2D eigenvalue weighted by Crippen LogP contribution is -2.50. The summed E-state index contributed by atoms with van der Waals surface area (Å²) in [5.41, 5.74) is 4.33. The van der Waals surface area contributed by atoms with Crippen LogP contribution in [-0.4, -0.2) is 64.6 Å². The number of nitrogens with zero attached hydrogens (tertiary/aromatic N) is 3. The number of anilines is 1. The Hall–Kier alpha value is -3.40. The minimum absolute atomic E-state index is 0.0601. The minimum Gasteiger partial charge on any atom is -0.467 e. The molecule has 3 atom stereocenters. The van der Waals surface area contributed by atoms with Crippen LogP contribution in [0.1, 0.15) is 55.5 Å². The fraction of sp³-hybridized carbons (Fsp3) is 0.500. The quantitative estimate of drug-likeness (QED) is 0.571. The number of carbonyl (C=O) groups is 3. The van der Waals surface area contributed by atoms with E-state index in [-0.39, 0.29) is 24.8 Å². The van der Waals surface area contributed by atoms with E-state index < -0.39 is 30.3 Å². The number of rotatable bonds is 2. The molecule has 5 rings (SSSR count). The molecular formula is C28H34N4O5S. The van der Waals surface area contributed by atoms with Crippen molar-refractivity contribution in [2.45, 2.75) is 70.8 Å². The molecule has 4 heterocycles. The molecule has 9 nitrogen and oxygen atoms in total. The molecule has 1 aromatic carbocycles. The van der Waals surface area contributed by atoms with Crippen LogP contribution in [-0.2, 0) is 38.6 Å². The summed E-state index contributed by atoms with van der Waals surface area (Å²) >= 11 is 1.48. The lowest BCUT2D eigenvalue weighted by molar-refractivity contribution is -0.151. The van der Waals surface area contributed by atoms with Gasteiger partial charge in [0, 0.05) is 18.3 Å². The predicted molar refractivity (Wildman–Crippen MR) is 144 cm³/mol. The number of hydrogen-bond acceptors (Lipinski definition) is 8. The molecule has 1 aromatic heterocycles. The van der Waals surface area contributed by atoms with Gasteiger partial charge in [-0.3, -0.25) is 9.69 Å². The number of hydrogen-bond donors (Lipinski definition) is 1. The van der Waals surface area contributed by atoms with E-state index >= 15 is 0 Å². The monoisotopic (exact) mass is 538 g/mol. The lowest BCUT2D eigenvalue weighted by atomic mass is 10.0. The molecule has 0 saturated carbocycles. The van der Waals surface area contributed by atoms with Gasteiger partial charge in [0.2, 0.25) is 5.91 Å². The first-order valence-corrected chi connectivity index (χ1v) is 14.0. The van der Waals surface area contributed by atoms with Crippen molar-refractivity contribution in [3.05, 3.63) is 52.0 Å². The zero-order chi connectivity index (χ0) is 26.8. The average molecular weight is 539 g/mol. The third kappa shape index (κ3) is 5.41. The Morgan fingerprint density at radius 1 is 1.26 bits per heavy atom. The van der Waals surface area contributed by atoms with E-state index in [1.807, 2.05) is 31.4 Å². The van der Waals surface area contributed by atoms with Gasteiger partial charge in [-0.15, -0.1) is 11.3 Å². The summed E-state index contributed by atoms with van der Waals surface area (Å²) in [4.78, 5) is 47.5. The molecule has 3 aliphatic rings. The molecule has 0 aliphatic carbocycles. The Morgan fingerprint density at radius 2 is 2.11 bits per heavy atom. The van der Waals surface area contributed by atoms with Crippen molar-refractivity contribution in [2.24, 2.45) is 5.92 Å². The zero-order valence-electron chi connectivity index (χ0n) is 22.0. The maximum Gasteiger partial charge on any atom is 0.410 e. The largest absolute Gasteiger partial charge is 0.467 e. The van der Waals surface area contributed by atoms with Crippen molar-refractivity contribution in [3.63, 3.8) is 0 Å². The number of esters is 1. The van der Waals surface area contributed by atoms with Gasteiger partial charge in [0.25, 0.3) is 0 Å². The molecule has 0 unspecified atom stereocenters. The van der Waals surface area contributed by atoms with Gasteiger partial charge in [0.05, 0.1) is 25.9 Å². The Bertz CT molecular complexity index is 1240. The van der Waals surface area contributed by atoms with Gasteiger partial charge in [-0.05, 0) is 41.9 Å². The zero-order valence-corrected chi connectivity index (χ0v) is 22.8. The number of fused-ring (bicyclic) bond motifs is 5. The number of thiazole rings is 1. The van der Waals surface area contributed by atoms with Gasteiger partial charge < -0.3 is 19.7 Å². The van der Waals surface area contributed by atoms with Crippen LogP contribution < -0.4 is 5.32 Å². The summed E-state index contributed by atoms with van der Waals surface area (Å²) in [6, 6.07) is 4.72. The highest BCUT2D eigenvalue weighted by Gasteiger charge is 2.45. The molecule has 2 amide bonds. The van der Waals surface area contributed by atoms with E-state index in [1.165, 1.54) is 23.3 Å². The van der Waals surface area contributed by atoms with E-state index in [9.17, 15) is 14.4 Å². The normalized spacial score (nSPS) is 24.7. The molecule has 3 aliphatic heterocycles. The van der Waals surface area contributed by atoms with Crippen molar-refractivity contribution in [1.82, 2.24) is 14.8 Å². The first-order chi connectivity index (χ1) is 18.3. The third-order valence-electron chi connectivity index (χ3n) is 7.43. The number of carbonyl (C=O) groups excluding carboxylic acids is 3. The topological polar surface area (TPSA) is 101 Å². The highest BCUT2D eigenvalue weighted by molar-refractivity contribution is 7.13. The van der Waals surface area contributed by atoms with Gasteiger partial charge in [-0.2, -0.15) is 0 Å². The fourth-order valence-electron chi connectivity index (χ4n) is 5.36. The van der Waals surface area contributed by atoms with E-state index in [0.717, 1.165) is 41.6 Å². The highest BCUT2D eigenvalue weighted by Crippen LogP contribution is 2.30. The van der Waals surface area contributed by atoms with Gasteiger partial charge in [-0.25, -0.2) is 14.6 Å². The van der Waals surface area contributed by atoms with Gasteiger partial charge in [0.1, 0.15) is 18.2 Å². The molecule has 1 saturated heterocycles. The number of methoxy groups -OCH3 is 1. The summed E-state index contributed by atoms with van der Waals surface area (Å²) in [5.74, 6) is -0.808. The van der Waals surface area contributed by atoms with Crippen LogP contribution in [0.15, 0.2) is 29.7 Å². The molecule has 0 radical (unpaired) electrons. The molecular weight excluding hydrogens is 504 g/mol. The second-order valence-electron chi connectivity index (χ2n) is 10.4. The van der Waals surface area contributed by atoms with Crippen molar-refractivity contribution >= 4 is 40.5 Å². The number of amides is 2. The van der Waals surface area contributed by atoms with Crippen LogP contribution >= 0.6 is 11.3 Å². The lowest BCUT2D eigenvalue weighted by Gasteiger charge is -2.29. The molecule has 38 heavy (non-hydrogen) atoms. The SMILES string of the molecule is COC(=O)[C@@H]1C[C@@H]2CN1C(=O)[C@H](C(C)C)Nc1nc(cs1)CCC/C=C/c1cccc3c1CN(C3)C(=O)O2. The second kappa shape index (κ2) is 11.1. The van der Waals surface area contributed by atoms with Crippen molar-refractivity contribution in [3.8, 4) is 0 Å². The maximum absolute atomic E-state index is 13.8. The third-order valence-corrected chi connectivity index (χ3v) is 8.25. The van der Waals surface area contributed by atoms with Crippen molar-refractivity contribution < 1.29 is 23.9 Å². The molecule has 2 aromatic rings. The van der Waals surface area contributed by atoms with Crippen LogP contribution in [0, 0.1) is 5.92 Å². The predicted octanol–water partition coefficient (Wildman–Crippen LogP) is 4.22. The van der Waals surface area contributed by atoms with Crippen LogP contribution in [0.4, 0.5) is 9.93 Å². The number of aryl methyl sites for hydroxylation is 1. The summed E-state index contributed by atoms with van der Waals surface area (Å²) in [6.07, 6.45) is 6.16. The second-order valence-corrected chi connectivity index (χ2v) is 11.3. The summed E-state index contributed by atoms with van der Waals surface area (Å²) in [7, 11) is 1.31. The van der Waals surface area contributed by atoms with E-state index in [1.54, 1.807) is 4.90 Å². The maximum atomic E-state index is 13.8. The van der Waals surface area contributed by atoms with E-state index in [4.69, 9.17) is 14.5 Å². The van der Waals surface area contributed by atoms with Crippen LogP contribution in [0.5, 0.6) is 0 Å². The smallest absolute Gasteiger partial charge is 0.410 e. The summed E-state index contributed by atoms with van der Waals surface area (Å²) in [5, 5.41) is 6.00. The Kier molecular flexibility index (Phi) is 7.69. The molecule has 202 valence electrons. The molecule has 10 heteroatoms. The first-order valence-electron chi connectivity index (χ1n) is 13.2. The number of aromatic nitrogens is 1. The summed E-state index contributed by atoms with van der Waals surface area (Å²) in [6.45, 7) is 4.97. The van der Waals surface area contributed by atoms with Gasteiger partial charge >= 0.3 is 12.1 Å². The number of benzene rings is 1. The van der Waals surface area contributed by atoms with E-state index in [2.05, 4.69) is 23.5 Å². The Balaban J connectivity index is 1.44. The van der Waals surface area contributed by atoms with Crippen molar-refractivity contribution in [1.29, 1.82) is 0 Å². The van der Waals surface area contributed by atoms with Crippen LogP contribution in [0.25, 0.3) is 6.08 Å². The van der Waals surface area contributed by atoms with E-state index in [0.29, 0.717) is 18.2 Å². The Morgan fingerprint density at radius 3 is 2.89 bits per heavy atom.